The molecule has 6 heteroatoms. The average molecular weight is 432 g/mol. The Labute approximate surface area is 188 Å². The predicted octanol–water partition coefficient (Wildman–Crippen LogP) is 3.82. The van der Waals surface area contributed by atoms with E-state index in [-0.39, 0.29) is 12.0 Å². The van der Waals surface area contributed by atoms with Crippen LogP contribution in [0.3, 0.4) is 0 Å². The van der Waals surface area contributed by atoms with Crippen LogP contribution < -0.4 is 14.8 Å². The number of hydrogen-bond acceptors (Lipinski definition) is 5. The molecule has 0 radical (unpaired) electrons. The van der Waals surface area contributed by atoms with Crippen LogP contribution in [-0.4, -0.2) is 43.1 Å². The van der Waals surface area contributed by atoms with Crippen LogP contribution in [0.2, 0.25) is 0 Å². The Balaban J connectivity index is 1.09. The SMILES string of the molecule is O=C(C1Cc2ccccc21)N1CCCC(C2CC(c3ccc4c(c3)OCO4)N=CN2)CC1. The second kappa shape index (κ2) is 8.15. The highest BCUT2D eigenvalue weighted by molar-refractivity contribution is 5.87. The highest BCUT2D eigenvalue weighted by Crippen LogP contribution is 2.39. The molecule has 2 aromatic rings. The van der Waals surface area contributed by atoms with Gasteiger partial charge >= 0.3 is 0 Å². The van der Waals surface area contributed by atoms with Crippen molar-refractivity contribution >= 4 is 12.2 Å². The Hall–Kier alpha value is -3.02. The molecular formula is C26H29N3O3. The van der Waals surface area contributed by atoms with Gasteiger partial charge in [0.1, 0.15) is 0 Å². The van der Waals surface area contributed by atoms with Gasteiger partial charge < -0.3 is 19.7 Å². The van der Waals surface area contributed by atoms with Gasteiger partial charge in [0.05, 0.1) is 18.3 Å². The van der Waals surface area contributed by atoms with Gasteiger partial charge in [0.2, 0.25) is 12.7 Å². The van der Waals surface area contributed by atoms with E-state index in [2.05, 4.69) is 40.5 Å². The first-order valence-electron chi connectivity index (χ1n) is 11.8. The number of aliphatic imine (C=N–C) groups is 1. The Morgan fingerprint density at radius 2 is 1.97 bits per heavy atom. The number of nitrogens with zero attached hydrogens (tertiary/aromatic N) is 2. The van der Waals surface area contributed by atoms with Crippen LogP contribution in [0.5, 0.6) is 11.5 Å². The van der Waals surface area contributed by atoms with E-state index in [0.29, 0.717) is 24.7 Å². The summed E-state index contributed by atoms with van der Waals surface area (Å²) >= 11 is 0. The first-order chi connectivity index (χ1) is 15.8. The lowest BCUT2D eigenvalue weighted by Gasteiger charge is -2.34. The molecule has 0 bridgehead atoms. The number of fused-ring (bicyclic) bond motifs is 2. The number of nitrogens with one attached hydrogen (secondary N) is 1. The number of carbonyl (C=O) groups excluding carboxylic acids is 1. The van der Waals surface area contributed by atoms with Crippen LogP contribution in [0.25, 0.3) is 0 Å². The number of benzene rings is 2. The minimum atomic E-state index is 0.0677. The topological polar surface area (TPSA) is 63.2 Å². The van der Waals surface area contributed by atoms with Crippen molar-refractivity contribution < 1.29 is 14.3 Å². The van der Waals surface area contributed by atoms with Gasteiger partial charge in [-0.25, -0.2) is 0 Å². The lowest BCUT2D eigenvalue weighted by atomic mass is 9.77. The third-order valence-electron chi connectivity index (χ3n) is 7.61. The summed E-state index contributed by atoms with van der Waals surface area (Å²) in [5.41, 5.74) is 3.74. The molecule has 0 spiro atoms. The van der Waals surface area contributed by atoms with Gasteiger partial charge in [0, 0.05) is 19.1 Å². The van der Waals surface area contributed by atoms with Crippen LogP contribution in [0.15, 0.2) is 47.5 Å². The summed E-state index contributed by atoms with van der Waals surface area (Å²) in [5, 5.41) is 3.52. The minimum Gasteiger partial charge on any atom is -0.454 e. The van der Waals surface area contributed by atoms with Crippen LogP contribution in [0, 0.1) is 5.92 Å². The molecule has 4 unspecified atom stereocenters. The fourth-order valence-corrected chi connectivity index (χ4v) is 5.71. The van der Waals surface area contributed by atoms with E-state index in [0.717, 1.165) is 56.7 Å². The summed E-state index contributed by atoms with van der Waals surface area (Å²) in [4.78, 5) is 20.0. The molecule has 2 aromatic carbocycles. The molecule has 0 saturated carbocycles. The summed E-state index contributed by atoms with van der Waals surface area (Å²) in [5.74, 6) is 2.56. The minimum absolute atomic E-state index is 0.0677. The van der Waals surface area contributed by atoms with Crippen LogP contribution in [0.1, 0.15) is 54.3 Å². The zero-order valence-electron chi connectivity index (χ0n) is 18.2. The molecule has 0 aromatic heterocycles. The fourth-order valence-electron chi connectivity index (χ4n) is 5.71. The molecule has 1 amide bonds. The third kappa shape index (κ3) is 3.51. The zero-order chi connectivity index (χ0) is 21.5. The zero-order valence-corrected chi connectivity index (χ0v) is 18.2. The Morgan fingerprint density at radius 3 is 2.91 bits per heavy atom. The lowest BCUT2D eigenvalue weighted by molar-refractivity contribution is -0.133. The van der Waals surface area contributed by atoms with E-state index in [1.807, 2.05) is 18.5 Å². The van der Waals surface area contributed by atoms with E-state index < -0.39 is 0 Å². The number of rotatable bonds is 3. The Bertz CT molecular complexity index is 1050. The highest BCUT2D eigenvalue weighted by Gasteiger charge is 2.36. The number of amides is 1. The van der Waals surface area contributed by atoms with Gasteiger partial charge in [-0.1, -0.05) is 30.3 Å². The molecule has 166 valence electrons. The van der Waals surface area contributed by atoms with Gasteiger partial charge in [-0.3, -0.25) is 9.79 Å². The molecule has 4 aliphatic rings. The smallest absolute Gasteiger partial charge is 0.231 e. The van der Waals surface area contributed by atoms with Crippen molar-refractivity contribution in [1.82, 2.24) is 10.2 Å². The molecule has 32 heavy (non-hydrogen) atoms. The quantitative estimate of drug-likeness (QED) is 0.803. The summed E-state index contributed by atoms with van der Waals surface area (Å²) < 4.78 is 11.0. The average Bonchev–Trinajstić information content (AvgIpc) is 3.14. The molecule has 1 saturated heterocycles. The molecule has 6 nitrogen and oxygen atoms in total. The Morgan fingerprint density at radius 1 is 1.06 bits per heavy atom. The predicted molar refractivity (Wildman–Crippen MR) is 122 cm³/mol. The van der Waals surface area contributed by atoms with Crippen molar-refractivity contribution in [3.8, 4) is 11.5 Å². The van der Waals surface area contributed by atoms with Crippen LogP contribution in [0.4, 0.5) is 0 Å². The maximum Gasteiger partial charge on any atom is 0.231 e. The number of ether oxygens (including phenoxy) is 2. The number of likely N-dealkylation sites (tertiary alicyclic amines) is 1. The van der Waals surface area contributed by atoms with Crippen LogP contribution >= 0.6 is 0 Å². The summed E-state index contributed by atoms with van der Waals surface area (Å²) in [6.45, 7) is 2.02. The largest absolute Gasteiger partial charge is 0.454 e. The molecule has 1 aliphatic carbocycles. The monoisotopic (exact) mass is 431 g/mol. The third-order valence-corrected chi connectivity index (χ3v) is 7.61. The van der Waals surface area contributed by atoms with E-state index >= 15 is 0 Å². The van der Waals surface area contributed by atoms with Crippen molar-refractivity contribution in [3.63, 3.8) is 0 Å². The van der Waals surface area contributed by atoms with Gasteiger partial charge in [-0.2, -0.15) is 0 Å². The molecular weight excluding hydrogens is 402 g/mol. The van der Waals surface area contributed by atoms with Gasteiger partial charge in [-0.15, -0.1) is 0 Å². The molecule has 6 rings (SSSR count). The molecule has 4 atom stereocenters. The second-order valence-electron chi connectivity index (χ2n) is 9.39. The molecule has 1 fully saturated rings. The number of carbonyl (C=O) groups is 1. The molecule has 1 N–H and O–H groups in total. The van der Waals surface area contributed by atoms with Crippen LogP contribution in [-0.2, 0) is 11.2 Å². The van der Waals surface area contributed by atoms with E-state index in [9.17, 15) is 4.79 Å². The van der Waals surface area contributed by atoms with E-state index in [1.165, 1.54) is 16.7 Å². The first kappa shape index (κ1) is 19.6. The van der Waals surface area contributed by atoms with Crippen molar-refractivity contribution in [3.05, 3.63) is 59.2 Å². The normalized spacial score (nSPS) is 28.3. The van der Waals surface area contributed by atoms with E-state index in [4.69, 9.17) is 14.5 Å². The van der Waals surface area contributed by atoms with Gasteiger partial charge in [0.25, 0.3) is 0 Å². The van der Waals surface area contributed by atoms with Crippen molar-refractivity contribution in [2.75, 3.05) is 19.9 Å². The summed E-state index contributed by atoms with van der Waals surface area (Å²) in [6.07, 6.45) is 6.98. The summed E-state index contributed by atoms with van der Waals surface area (Å²) in [6, 6.07) is 15.0. The van der Waals surface area contributed by atoms with Crippen molar-refractivity contribution in [1.29, 1.82) is 0 Å². The fraction of sp³-hybridized carbons (Fsp3) is 0.462. The van der Waals surface area contributed by atoms with E-state index in [1.54, 1.807) is 0 Å². The van der Waals surface area contributed by atoms with Crippen molar-refractivity contribution in [2.24, 2.45) is 10.9 Å². The maximum absolute atomic E-state index is 13.2. The second-order valence-corrected chi connectivity index (χ2v) is 9.39. The first-order valence-corrected chi connectivity index (χ1v) is 11.8. The summed E-state index contributed by atoms with van der Waals surface area (Å²) in [7, 11) is 0. The number of hydrogen-bond donors (Lipinski definition) is 1. The standard InChI is InChI=1S/C26H29N3O3/c30-26(21-12-18-4-1-2-6-20(18)21)29-10-3-5-17(9-11-29)22-14-23(28-15-27-22)19-7-8-24-25(13-19)32-16-31-24/h1-2,4,6-8,13,15,17,21-23H,3,5,9-12,14,16H2,(H,27,28). The lowest BCUT2D eigenvalue weighted by Crippen LogP contribution is -2.41. The van der Waals surface area contributed by atoms with Crippen molar-refractivity contribution in [2.45, 2.75) is 50.1 Å². The van der Waals surface area contributed by atoms with Gasteiger partial charge in [-0.05, 0) is 66.8 Å². The maximum atomic E-state index is 13.2. The van der Waals surface area contributed by atoms with Gasteiger partial charge in [0.15, 0.2) is 11.5 Å². The molecule has 3 heterocycles. The highest BCUT2D eigenvalue weighted by atomic mass is 16.7. The molecule has 3 aliphatic heterocycles. The Kier molecular flexibility index (Phi) is 5.01.